The molecule has 0 fully saturated rings. The number of aliphatic hydroxyl groups excluding tert-OH is 1. The number of aliphatic hydroxyl groups is 2. The first-order valence-electron chi connectivity index (χ1n) is 11.6. The number of unbranched alkanes of at least 4 members (excludes halogenated alkanes) is 13. The molecule has 0 heterocycles. The van der Waals surface area contributed by atoms with Crippen LogP contribution in [0.15, 0.2) is 12.2 Å². The summed E-state index contributed by atoms with van der Waals surface area (Å²) in [4.78, 5) is 0. The maximum Gasteiger partial charge on any atom is 0.175 e. The van der Waals surface area contributed by atoms with Crippen molar-refractivity contribution in [3.05, 3.63) is 12.2 Å². The second-order valence-corrected chi connectivity index (χ2v) is 7.60. The molecule has 4 heteroatoms. The lowest BCUT2D eigenvalue weighted by Crippen LogP contribution is -2.23. The fourth-order valence-corrected chi connectivity index (χ4v) is 3.13. The van der Waals surface area contributed by atoms with Crippen molar-refractivity contribution in [2.24, 2.45) is 0 Å². The number of ether oxygens (including phenoxy) is 1. The monoisotopic (exact) mass is 385 g/mol. The van der Waals surface area contributed by atoms with Crippen LogP contribution in [0.3, 0.4) is 0 Å². The number of nitrogens with one attached hydrogen (secondary N) is 1. The van der Waals surface area contributed by atoms with Crippen molar-refractivity contribution >= 4 is 0 Å². The van der Waals surface area contributed by atoms with Crippen LogP contribution in [0.1, 0.15) is 103 Å². The molecule has 0 atom stereocenters. The number of hydrogen-bond donors (Lipinski definition) is 3. The Morgan fingerprint density at radius 2 is 1.22 bits per heavy atom. The molecule has 0 spiro atoms. The first-order valence-corrected chi connectivity index (χ1v) is 11.6. The maximum absolute atomic E-state index is 8.62. The van der Waals surface area contributed by atoms with Crippen molar-refractivity contribution in [3.8, 4) is 0 Å². The summed E-state index contributed by atoms with van der Waals surface area (Å²) in [6.07, 6.45) is 23.6. The van der Waals surface area contributed by atoms with E-state index in [2.05, 4.69) is 24.4 Å². The van der Waals surface area contributed by atoms with E-state index < -0.39 is 6.29 Å². The molecule has 0 unspecified atom stereocenters. The Morgan fingerprint density at radius 3 is 1.78 bits per heavy atom. The van der Waals surface area contributed by atoms with E-state index in [0.29, 0.717) is 6.61 Å². The van der Waals surface area contributed by atoms with Gasteiger partial charge in [0, 0.05) is 6.54 Å². The van der Waals surface area contributed by atoms with E-state index >= 15 is 0 Å². The van der Waals surface area contributed by atoms with Gasteiger partial charge >= 0.3 is 0 Å². The SMILES string of the molecule is CCCCCCCC/C=C\CCCCCCCCCNCCOCC(O)O. The first-order chi connectivity index (χ1) is 13.3. The van der Waals surface area contributed by atoms with E-state index in [1.165, 1.54) is 96.3 Å². The molecule has 0 aliphatic carbocycles. The molecule has 0 radical (unpaired) electrons. The normalized spacial score (nSPS) is 11.9. The van der Waals surface area contributed by atoms with E-state index in [-0.39, 0.29) is 6.61 Å². The molecular weight excluding hydrogens is 338 g/mol. The number of hydrogen-bond acceptors (Lipinski definition) is 4. The van der Waals surface area contributed by atoms with Gasteiger partial charge < -0.3 is 20.3 Å². The molecule has 3 N–H and O–H groups in total. The topological polar surface area (TPSA) is 61.7 Å². The van der Waals surface area contributed by atoms with Gasteiger partial charge in [-0.15, -0.1) is 0 Å². The van der Waals surface area contributed by atoms with Crippen LogP contribution in [0, 0.1) is 0 Å². The lowest BCUT2D eigenvalue weighted by atomic mass is 10.1. The van der Waals surface area contributed by atoms with Crippen molar-refractivity contribution in [1.82, 2.24) is 5.32 Å². The summed E-state index contributed by atoms with van der Waals surface area (Å²) in [6, 6.07) is 0. The van der Waals surface area contributed by atoms with Crippen LogP contribution >= 0.6 is 0 Å². The highest BCUT2D eigenvalue weighted by molar-refractivity contribution is 4.81. The molecule has 0 aromatic rings. The Labute approximate surface area is 168 Å². The van der Waals surface area contributed by atoms with Gasteiger partial charge in [-0.2, -0.15) is 0 Å². The molecular formula is C23H47NO3. The third kappa shape index (κ3) is 25.6. The molecule has 0 saturated carbocycles. The Hall–Kier alpha value is -0.420. The predicted molar refractivity (Wildman–Crippen MR) is 116 cm³/mol. The van der Waals surface area contributed by atoms with E-state index in [9.17, 15) is 0 Å². The van der Waals surface area contributed by atoms with Crippen molar-refractivity contribution in [2.75, 3.05) is 26.3 Å². The Bertz CT molecular complexity index is 295. The quantitative estimate of drug-likeness (QED) is 0.134. The van der Waals surface area contributed by atoms with Gasteiger partial charge in [0.15, 0.2) is 6.29 Å². The Morgan fingerprint density at radius 1 is 0.704 bits per heavy atom. The molecule has 0 amide bonds. The summed E-state index contributed by atoms with van der Waals surface area (Å²) in [6.45, 7) is 4.60. The van der Waals surface area contributed by atoms with Gasteiger partial charge in [-0.1, -0.05) is 83.3 Å². The minimum atomic E-state index is -1.36. The highest BCUT2D eigenvalue weighted by Gasteiger charge is 1.96. The first kappa shape index (κ1) is 26.6. The smallest absolute Gasteiger partial charge is 0.175 e. The highest BCUT2D eigenvalue weighted by Crippen LogP contribution is 2.10. The molecule has 4 nitrogen and oxygen atoms in total. The van der Waals surface area contributed by atoms with E-state index in [1.54, 1.807) is 0 Å². The summed E-state index contributed by atoms with van der Waals surface area (Å²) < 4.78 is 5.06. The van der Waals surface area contributed by atoms with E-state index in [1.807, 2.05) is 0 Å². The highest BCUT2D eigenvalue weighted by atomic mass is 16.5. The van der Waals surface area contributed by atoms with Crippen LogP contribution in [-0.4, -0.2) is 42.8 Å². The third-order valence-electron chi connectivity index (χ3n) is 4.81. The number of rotatable bonds is 22. The molecule has 0 aliphatic heterocycles. The van der Waals surface area contributed by atoms with Crippen molar-refractivity contribution in [3.63, 3.8) is 0 Å². The van der Waals surface area contributed by atoms with Gasteiger partial charge in [-0.05, 0) is 38.6 Å². The van der Waals surface area contributed by atoms with Gasteiger partial charge in [0.1, 0.15) is 0 Å². The third-order valence-corrected chi connectivity index (χ3v) is 4.81. The summed E-state index contributed by atoms with van der Waals surface area (Å²) in [5, 5.41) is 20.6. The van der Waals surface area contributed by atoms with Gasteiger partial charge in [-0.3, -0.25) is 0 Å². The second-order valence-electron chi connectivity index (χ2n) is 7.60. The van der Waals surface area contributed by atoms with Crippen LogP contribution in [0.2, 0.25) is 0 Å². The standard InChI is InChI=1S/C23H47NO3/c1-2-3-4-5-6-7-8-9-10-11-12-13-14-15-16-17-18-19-24-20-21-27-22-23(25)26/h9-10,23-26H,2-8,11-22H2,1H3/b10-9-. The minimum absolute atomic E-state index is 0.00338. The molecule has 0 aliphatic rings. The van der Waals surface area contributed by atoms with Crippen molar-refractivity contribution in [2.45, 2.75) is 110 Å². The maximum atomic E-state index is 8.62. The fraction of sp³-hybridized carbons (Fsp3) is 0.913. The Balaban J connectivity index is 3.05. The van der Waals surface area contributed by atoms with Crippen LogP contribution < -0.4 is 5.32 Å². The molecule has 0 aromatic heterocycles. The van der Waals surface area contributed by atoms with E-state index in [4.69, 9.17) is 14.9 Å². The lowest BCUT2D eigenvalue weighted by molar-refractivity contribution is -0.0939. The van der Waals surface area contributed by atoms with Gasteiger partial charge in [0.05, 0.1) is 13.2 Å². The summed E-state index contributed by atoms with van der Waals surface area (Å²) in [7, 11) is 0. The van der Waals surface area contributed by atoms with E-state index in [0.717, 1.165) is 13.1 Å². The largest absolute Gasteiger partial charge is 0.375 e. The Kier molecular flexibility index (Phi) is 23.3. The zero-order valence-corrected chi connectivity index (χ0v) is 18.0. The molecule has 0 rings (SSSR count). The zero-order valence-electron chi connectivity index (χ0n) is 18.0. The van der Waals surface area contributed by atoms with Crippen LogP contribution in [0.4, 0.5) is 0 Å². The van der Waals surface area contributed by atoms with Crippen LogP contribution in [0.5, 0.6) is 0 Å². The average molecular weight is 386 g/mol. The minimum Gasteiger partial charge on any atom is -0.375 e. The van der Waals surface area contributed by atoms with Crippen molar-refractivity contribution < 1.29 is 14.9 Å². The summed E-state index contributed by atoms with van der Waals surface area (Å²) in [5.74, 6) is 0. The van der Waals surface area contributed by atoms with Gasteiger partial charge in [0.25, 0.3) is 0 Å². The molecule has 162 valence electrons. The molecule has 0 bridgehead atoms. The predicted octanol–water partition coefficient (Wildman–Crippen LogP) is 5.33. The van der Waals surface area contributed by atoms with Gasteiger partial charge in [-0.25, -0.2) is 0 Å². The number of allylic oxidation sites excluding steroid dienone is 2. The average Bonchev–Trinajstić information content (AvgIpc) is 2.65. The molecule has 0 saturated heterocycles. The van der Waals surface area contributed by atoms with Crippen molar-refractivity contribution in [1.29, 1.82) is 0 Å². The summed E-state index contributed by atoms with van der Waals surface area (Å²) in [5.41, 5.74) is 0. The van der Waals surface area contributed by atoms with Gasteiger partial charge in [0.2, 0.25) is 0 Å². The van der Waals surface area contributed by atoms with Crippen LogP contribution in [-0.2, 0) is 4.74 Å². The summed E-state index contributed by atoms with van der Waals surface area (Å²) >= 11 is 0. The molecule has 0 aromatic carbocycles. The van der Waals surface area contributed by atoms with Crippen LogP contribution in [0.25, 0.3) is 0 Å². The molecule has 27 heavy (non-hydrogen) atoms. The second kappa shape index (κ2) is 23.6. The zero-order chi connectivity index (χ0) is 19.8. The fourth-order valence-electron chi connectivity index (χ4n) is 3.13. The lowest BCUT2D eigenvalue weighted by Gasteiger charge is -2.07.